The minimum Gasteiger partial charge on any atom is -0.349 e. The number of carbonyl (C=O) groups is 1. The molecule has 0 bridgehead atoms. The Kier molecular flexibility index (Phi) is 7.94. The van der Waals surface area contributed by atoms with Crippen LogP contribution in [0.25, 0.3) is 0 Å². The summed E-state index contributed by atoms with van der Waals surface area (Å²) in [5.41, 5.74) is -0.197. The van der Waals surface area contributed by atoms with Crippen LogP contribution < -0.4 is 5.32 Å². The van der Waals surface area contributed by atoms with E-state index in [-0.39, 0.29) is 17.4 Å². The van der Waals surface area contributed by atoms with Gasteiger partial charge in [0.05, 0.1) is 5.54 Å². The first-order valence-electron chi connectivity index (χ1n) is 8.48. The van der Waals surface area contributed by atoms with Crippen molar-refractivity contribution in [2.75, 3.05) is 5.88 Å². The summed E-state index contributed by atoms with van der Waals surface area (Å²) in [4.78, 5) is 12.4. The highest BCUT2D eigenvalue weighted by Crippen LogP contribution is 2.32. The molecule has 0 aromatic carbocycles. The zero-order valence-corrected chi connectivity index (χ0v) is 14.3. The quantitative estimate of drug-likeness (QED) is 0.635. The van der Waals surface area contributed by atoms with Crippen LogP contribution in [0, 0.1) is 11.8 Å². The van der Waals surface area contributed by atoms with E-state index in [1.54, 1.807) is 0 Å². The number of unbranched alkanes of at least 4 members (excludes halogenated alkanes) is 1. The molecule has 0 radical (unpaired) electrons. The topological polar surface area (TPSA) is 29.1 Å². The zero-order chi connectivity index (χ0) is 15.0. The average molecular weight is 302 g/mol. The highest BCUT2D eigenvalue weighted by atomic mass is 35.5. The lowest BCUT2D eigenvalue weighted by molar-refractivity contribution is -0.128. The lowest BCUT2D eigenvalue weighted by atomic mass is 9.79. The van der Waals surface area contributed by atoms with Crippen LogP contribution in [0.3, 0.4) is 0 Å². The van der Waals surface area contributed by atoms with E-state index in [2.05, 4.69) is 26.1 Å². The second-order valence-corrected chi connectivity index (χ2v) is 6.74. The first-order chi connectivity index (χ1) is 9.60. The van der Waals surface area contributed by atoms with Crippen LogP contribution in [0.5, 0.6) is 0 Å². The number of hydrogen-bond acceptors (Lipinski definition) is 1. The summed E-state index contributed by atoms with van der Waals surface area (Å²) < 4.78 is 0. The highest BCUT2D eigenvalue weighted by molar-refractivity contribution is 6.18. The van der Waals surface area contributed by atoms with Crippen molar-refractivity contribution in [2.45, 2.75) is 84.1 Å². The van der Waals surface area contributed by atoms with Crippen molar-refractivity contribution in [3.8, 4) is 0 Å². The third kappa shape index (κ3) is 4.95. The number of amides is 1. The number of carbonyl (C=O) groups excluding carboxylic acids is 1. The predicted octanol–water partition coefficient (Wildman–Crippen LogP) is 4.90. The van der Waals surface area contributed by atoms with Gasteiger partial charge < -0.3 is 5.32 Å². The summed E-state index contributed by atoms with van der Waals surface area (Å²) in [5, 5.41) is 3.24. The second kappa shape index (κ2) is 8.92. The summed E-state index contributed by atoms with van der Waals surface area (Å²) in [6, 6.07) is 0. The molecule has 20 heavy (non-hydrogen) atoms. The Morgan fingerprint density at radius 2 is 1.75 bits per heavy atom. The smallest absolute Gasteiger partial charge is 0.223 e. The van der Waals surface area contributed by atoms with Gasteiger partial charge in [0, 0.05) is 11.8 Å². The SMILES string of the molecule is CCCCC1CCC(C(=O)NC(CC)(CC)CCl)CC1. The van der Waals surface area contributed by atoms with E-state index < -0.39 is 0 Å². The Balaban J connectivity index is 2.42. The largest absolute Gasteiger partial charge is 0.349 e. The maximum atomic E-state index is 12.4. The standard InChI is InChI=1S/C17H32ClNO/c1-4-7-8-14-9-11-15(12-10-14)16(20)19-17(5-2,6-3)13-18/h14-15H,4-13H2,1-3H3,(H,19,20). The molecule has 3 heteroatoms. The molecular weight excluding hydrogens is 270 g/mol. The van der Waals surface area contributed by atoms with Gasteiger partial charge in [-0.25, -0.2) is 0 Å². The van der Waals surface area contributed by atoms with Crippen LogP contribution >= 0.6 is 11.6 Å². The van der Waals surface area contributed by atoms with E-state index in [0.717, 1.165) is 31.6 Å². The number of halogens is 1. The first kappa shape index (κ1) is 17.8. The van der Waals surface area contributed by atoms with Crippen LogP contribution in [0.4, 0.5) is 0 Å². The highest BCUT2D eigenvalue weighted by Gasteiger charge is 2.32. The lowest BCUT2D eigenvalue weighted by Crippen LogP contribution is -2.51. The van der Waals surface area contributed by atoms with Crippen molar-refractivity contribution in [3.63, 3.8) is 0 Å². The molecule has 1 fully saturated rings. The van der Waals surface area contributed by atoms with Gasteiger partial charge in [-0.05, 0) is 44.4 Å². The van der Waals surface area contributed by atoms with Gasteiger partial charge in [0.1, 0.15) is 0 Å². The van der Waals surface area contributed by atoms with E-state index in [9.17, 15) is 4.79 Å². The van der Waals surface area contributed by atoms with Gasteiger partial charge in [0.2, 0.25) is 5.91 Å². The van der Waals surface area contributed by atoms with Crippen LogP contribution in [-0.4, -0.2) is 17.3 Å². The molecule has 0 aromatic rings. The van der Waals surface area contributed by atoms with Crippen molar-refractivity contribution >= 4 is 17.5 Å². The molecule has 0 heterocycles. The van der Waals surface area contributed by atoms with Crippen molar-refractivity contribution in [2.24, 2.45) is 11.8 Å². The predicted molar refractivity (Wildman–Crippen MR) is 87.1 cm³/mol. The zero-order valence-electron chi connectivity index (χ0n) is 13.5. The van der Waals surface area contributed by atoms with E-state index in [1.807, 2.05) is 0 Å². The van der Waals surface area contributed by atoms with Crippen LogP contribution in [-0.2, 0) is 4.79 Å². The van der Waals surface area contributed by atoms with Gasteiger partial charge in [-0.15, -0.1) is 11.6 Å². The van der Waals surface area contributed by atoms with Crippen molar-refractivity contribution < 1.29 is 4.79 Å². The van der Waals surface area contributed by atoms with Gasteiger partial charge in [0.25, 0.3) is 0 Å². The molecule has 0 saturated heterocycles. The summed E-state index contributed by atoms with van der Waals surface area (Å²) in [6.07, 6.45) is 10.4. The molecule has 0 aromatic heterocycles. The van der Waals surface area contributed by atoms with E-state index in [0.29, 0.717) is 5.88 Å². The number of alkyl halides is 1. The lowest BCUT2D eigenvalue weighted by Gasteiger charge is -2.34. The molecule has 0 spiro atoms. The third-order valence-corrected chi connectivity index (χ3v) is 5.69. The summed E-state index contributed by atoms with van der Waals surface area (Å²) in [5.74, 6) is 1.82. The molecule has 0 atom stereocenters. The molecule has 1 N–H and O–H groups in total. The van der Waals surface area contributed by atoms with Crippen molar-refractivity contribution in [1.29, 1.82) is 0 Å². The molecule has 0 aliphatic heterocycles. The Labute approximate surface area is 130 Å². The maximum absolute atomic E-state index is 12.4. The fourth-order valence-corrected chi connectivity index (χ4v) is 3.66. The maximum Gasteiger partial charge on any atom is 0.223 e. The van der Waals surface area contributed by atoms with Crippen LogP contribution in [0.2, 0.25) is 0 Å². The molecule has 1 saturated carbocycles. The summed E-state index contributed by atoms with van der Waals surface area (Å²) in [7, 11) is 0. The Hall–Kier alpha value is -0.240. The summed E-state index contributed by atoms with van der Waals surface area (Å²) >= 11 is 6.07. The Bertz CT molecular complexity index is 272. The molecule has 1 aliphatic carbocycles. The van der Waals surface area contributed by atoms with Gasteiger partial charge in [-0.2, -0.15) is 0 Å². The molecule has 1 aliphatic rings. The molecule has 2 nitrogen and oxygen atoms in total. The minimum absolute atomic E-state index is 0.197. The van der Waals surface area contributed by atoms with Gasteiger partial charge >= 0.3 is 0 Å². The van der Waals surface area contributed by atoms with Crippen molar-refractivity contribution in [3.05, 3.63) is 0 Å². The number of hydrogen-bond donors (Lipinski definition) is 1. The minimum atomic E-state index is -0.197. The fourth-order valence-electron chi connectivity index (χ4n) is 3.22. The Morgan fingerprint density at radius 3 is 2.20 bits per heavy atom. The monoisotopic (exact) mass is 301 g/mol. The normalized spacial score (nSPS) is 23.6. The molecule has 1 amide bonds. The molecule has 0 unspecified atom stereocenters. The average Bonchev–Trinajstić information content (AvgIpc) is 2.51. The first-order valence-corrected chi connectivity index (χ1v) is 9.02. The Morgan fingerprint density at radius 1 is 1.15 bits per heavy atom. The second-order valence-electron chi connectivity index (χ2n) is 6.47. The van der Waals surface area contributed by atoms with Gasteiger partial charge in [0.15, 0.2) is 0 Å². The van der Waals surface area contributed by atoms with Crippen LogP contribution in [0.1, 0.15) is 78.6 Å². The molecular formula is C17H32ClNO. The van der Waals surface area contributed by atoms with E-state index >= 15 is 0 Å². The molecule has 118 valence electrons. The van der Waals surface area contributed by atoms with Crippen molar-refractivity contribution in [1.82, 2.24) is 5.32 Å². The van der Waals surface area contributed by atoms with Gasteiger partial charge in [-0.1, -0.05) is 40.0 Å². The van der Waals surface area contributed by atoms with Crippen LogP contribution in [0.15, 0.2) is 0 Å². The number of rotatable bonds is 8. The third-order valence-electron chi connectivity index (χ3n) is 5.18. The van der Waals surface area contributed by atoms with E-state index in [1.165, 1.54) is 32.1 Å². The van der Waals surface area contributed by atoms with Gasteiger partial charge in [-0.3, -0.25) is 4.79 Å². The van der Waals surface area contributed by atoms with E-state index in [4.69, 9.17) is 11.6 Å². The molecule has 1 rings (SSSR count). The fraction of sp³-hybridized carbons (Fsp3) is 0.941. The number of nitrogens with one attached hydrogen (secondary N) is 1. The summed E-state index contributed by atoms with van der Waals surface area (Å²) in [6.45, 7) is 6.46.